The predicted molar refractivity (Wildman–Crippen MR) is 110 cm³/mol. The first-order valence-electron chi connectivity index (χ1n) is 8.69. The van der Waals surface area contributed by atoms with E-state index < -0.39 is 0 Å². The van der Waals surface area contributed by atoms with Gasteiger partial charge in [-0.15, -0.1) is 0 Å². The zero-order valence-corrected chi connectivity index (χ0v) is 16.6. The molecule has 7 nitrogen and oxygen atoms in total. The normalized spacial score (nSPS) is 10.9. The highest BCUT2D eigenvalue weighted by Gasteiger charge is 2.13. The Labute approximate surface area is 172 Å². The van der Waals surface area contributed by atoms with Crippen molar-refractivity contribution in [3.8, 4) is 11.4 Å². The van der Waals surface area contributed by atoms with Crippen LogP contribution in [-0.2, 0) is 4.79 Å². The number of anilines is 1. The molecule has 150 valence electrons. The number of carbonyl (C=O) groups is 1. The maximum absolute atomic E-state index is 13.1. The topological polar surface area (TPSA) is 80.5 Å². The minimum atomic E-state index is -0.347. The van der Waals surface area contributed by atoms with Gasteiger partial charge in [0.15, 0.2) is 0 Å². The van der Waals surface area contributed by atoms with E-state index in [1.807, 2.05) is 18.2 Å². The Balaban J connectivity index is 1.63. The molecule has 0 fully saturated rings. The van der Waals surface area contributed by atoms with E-state index in [4.69, 9.17) is 16.3 Å². The van der Waals surface area contributed by atoms with E-state index in [0.29, 0.717) is 33.5 Å². The summed E-state index contributed by atoms with van der Waals surface area (Å²) < 4.78 is 19.8. The molecule has 0 unspecified atom stereocenters. The predicted octanol–water partition coefficient (Wildman–Crippen LogP) is 3.54. The molecule has 0 saturated carbocycles. The highest BCUT2D eigenvalue weighted by molar-refractivity contribution is 6.32. The number of amides is 1. The largest absolute Gasteiger partial charge is 0.495 e. The standard InChI is InChI=1S/C20H19ClFN5O2/c1-13-16(20(21)27(26-13)15-9-7-14(22)8-10-15)11-24-25-19(28)12-23-17-5-3-4-6-18(17)29-2/h3-11,23H,12H2,1-2H3,(H,25,28)/b24-11+. The van der Waals surface area contributed by atoms with Gasteiger partial charge in [0.25, 0.3) is 5.91 Å². The molecule has 9 heteroatoms. The summed E-state index contributed by atoms with van der Waals surface area (Å²) in [6, 6.07) is 13.1. The van der Waals surface area contributed by atoms with E-state index in [2.05, 4.69) is 20.9 Å². The van der Waals surface area contributed by atoms with Crippen molar-refractivity contribution in [3.05, 3.63) is 70.8 Å². The molecule has 3 rings (SSSR count). The number of carbonyl (C=O) groups excluding carboxylic acids is 1. The molecule has 2 aromatic carbocycles. The van der Waals surface area contributed by atoms with Gasteiger partial charge in [0, 0.05) is 0 Å². The minimum absolute atomic E-state index is 0.0132. The molecule has 29 heavy (non-hydrogen) atoms. The summed E-state index contributed by atoms with van der Waals surface area (Å²) >= 11 is 6.37. The Morgan fingerprint density at radius 1 is 1.28 bits per heavy atom. The van der Waals surface area contributed by atoms with Crippen LogP contribution in [0.15, 0.2) is 53.6 Å². The number of hydrazone groups is 1. The van der Waals surface area contributed by atoms with Gasteiger partial charge < -0.3 is 10.1 Å². The molecule has 1 heterocycles. The van der Waals surface area contributed by atoms with Crippen LogP contribution in [0.3, 0.4) is 0 Å². The second-order valence-corrected chi connectivity index (χ2v) is 6.38. The summed E-state index contributed by atoms with van der Waals surface area (Å²) in [6.07, 6.45) is 1.42. The molecule has 0 radical (unpaired) electrons. The fraction of sp³-hybridized carbons (Fsp3) is 0.150. The van der Waals surface area contributed by atoms with Crippen LogP contribution in [0.4, 0.5) is 10.1 Å². The first-order valence-corrected chi connectivity index (χ1v) is 9.07. The van der Waals surface area contributed by atoms with Gasteiger partial charge >= 0.3 is 0 Å². The van der Waals surface area contributed by atoms with Crippen LogP contribution in [0.25, 0.3) is 5.69 Å². The lowest BCUT2D eigenvalue weighted by molar-refractivity contribution is -0.119. The lowest BCUT2D eigenvalue weighted by Crippen LogP contribution is -2.26. The van der Waals surface area contributed by atoms with Crippen LogP contribution < -0.4 is 15.5 Å². The smallest absolute Gasteiger partial charge is 0.259 e. The number of aryl methyl sites for hydroxylation is 1. The van der Waals surface area contributed by atoms with Crippen molar-refractivity contribution in [2.24, 2.45) is 5.10 Å². The van der Waals surface area contributed by atoms with Crippen LogP contribution in [0.5, 0.6) is 5.75 Å². The van der Waals surface area contributed by atoms with E-state index in [1.54, 1.807) is 32.2 Å². The van der Waals surface area contributed by atoms with Crippen molar-refractivity contribution in [1.29, 1.82) is 0 Å². The van der Waals surface area contributed by atoms with Crippen molar-refractivity contribution in [1.82, 2.24) is 15.2 Å². The molecule has 2 N–H and O–H groups in total. The quantitative estimate of drug-likeness (QED) is 0.457. The third-order valence-electron chi connectivity index (χ3n) is 4.05. The van der Waals surface area contributed by atoms with Crippen molar-refractivity contribution < 1.29 is 13.9 Å². The summed E-state index contributed by atoms with van der Waals surface area (Å²) in [4.78, 5) is 12.0. The number of hydrogen-bond donors (Lipinski definition) is 2. The Morgan fingerprint density at radius 3 is 2.72 bits per heavy atom. The first-order chi connectivity index (χ1) is 14.0. The van der Waals surface area contributed by atoms with E-state index in [0.717, 1.165) is 0 Å². The van der Waals surface area contributed by atoms with Gasteiger partial charge in [-0.2, -0.15) is 10.2 Å². The molecule has 0 atom stereocenters. The summed E-state index contributed by atoms with van der Waals surface area (Å²) in [5, 5.41) is 11.6. The molecule has 0 aliphatic carbocycles. The monoisotopic (exact) mass is 415 g/mol. The second-order valence-electron chi connectivity index (χ2n) is 6.03. The Hall–Kier alpha value is -3.39. The molecule has 1 amide bonds. The van der Waals surface area contributed by atoms with E-state index in [1.165, 1.54) is 23.0 Å². The summed E-state index contributed by atoms with van der Waals surface area (Å²) in [6.45, 7) is 1.78. The summed E-state index contributed by atoms with van der Waals surface area (Å²) in [7, 11) is 1.56. The lowest BCUT2D eigenvalue weighted by Gasteiger charge is -2.09. The van der Waals surface area contributed by atoms with E-state index in [-0.39, 0.29) is 18.3 Å². The molecule has 3 aromatic rings. The van der Waals surface area contributed by atoms with Gasteiger partial charge in [-0.25, -0.2) is 14.5 Å². The molecule has 0 aliphatic rings. The van der Waals surface area contributed by atoms with Crippen LogP contribution in [0.1, 0.15) is 11.3 Å². The molecular formula is C20H19ClFN5O2. The fourth-order valence-electron chi connectivity index (χ4n) is 2.59. The number of aromatic nitrogens is 2. The number of para-hydroxylation sites is 2. The van der Waals surface area contributed by atoms with E-state index >= 15 is 0 Å². The number of ether oxygens (including phenoxy) is 1. The number of hydrogen-bond acceptors (Lipinski definition) is 5. The third-order valence-corrected chi connectivity index (χ3v) is 4.41. The highest BCUT2D eigenvalue weighted by Crippen LogP contribution is 2.23. The van der Waals surface area contributed by atoms with Crippen molar-refractivity contribution >= 4 is 29.4 Å². The number of nitrogens with zero attached hydrogens (tertiary/aromatic N) is 3. The van der Waals surface area contributed by atoms with Gasteiger partial charge in [0.2, 0.25) is 0 Å². The molecule has 0 aliphatic heterocycles. The van der Waals surface area contributed by atoms with Crippen LogP contribution >= 0.6 is 11.6 Å². The zero-order chi connectivity index (χ0) is 20.8. The summed E-state index contributed by atoms with van der Waals surface area (Å²) in [5.74, 6) is -0.0498. The summed E-state index contributed by atoms with van der Waals surface area (Å²) in [5.41, 5.74) is 4.91. The molecule has 0 bridgehead atoms. The average Bonchev–Trinajstić information content (AvgIpc) is 3.01. The fourth-order valence-corrected chi connectivity index (χ4v) is 2.91. The average molecular weight is 416 g/mol. The number of halogens is 2. The molecular weight excluding hydrogens is 397 g/mol. The number of nitrogens with one attached hydrogen (secondary N) is 2. The first kappa shape index (κ1) is 20.3. The zero-order valence-electron chi connectivity index (χ0n) is 15.8. The SMILES string of the molecule is COc1ccccc1NCC(=O)N/N=C/c1c(C)nn(-c2ccc(F)cc2)c1Cl. The van der Waals surface area contributed by atoms with Gasteiger partial charge in [0.1, 0.15) is 16.7 Å². The van der Waals surface area contributed by atoms with Gasteiger partial charge in [-0.1, -0.05) is 23.7 Å². The molecule has 1 aromatic heterocycles. The highest BCUT2D eigenvalue weighted by atomic mass is 35.5. The van der Waals surface area contributed by atoms with Crippen molar-refractivity contribution in [3.63, 3.8) is 0 Å². The lowest BCUT2D eigenvalue weighted by atomic mass is 10.3. The molecule has 0 saturated heterocycles. The minimum Gasteiger partial charge on any atom is -0.495 e. The van der Waals surface area contributed by atoms with Gasteiger partial charge in [-0.05, 0) is 43.3 Å². The maximum atomic E-state index is 13.1. The second kappa shape index (κ2) is 9.20. The Morgan fingerprint density at radius 2 is 2.00 bits per heavy atom. The van der Waals surface area contributed by atoms with Crippen LogP contribution in [0.2, 0.25) is 5.15 Å². The maximum Gasteiger partial charge on any atom is 0.259 e. The third kappa shape index (κ3) is 4.91. The van der Waals surface area contributed by atoms with Crippen molar-refractivity contribution in [2.45, 2.75) is 6.92 Å². The number of methoxy groups -OCH3 is 1. The van der Waals surface area contributed by atoms with Crippen molar-refractivity contribution in [2.75, 3.05) is 19.0 Å². The number of benzene rings is 2. The van der Waals surface area contributed by atoms with E-state index in [9.17, 15) is 9.18 Å². The molecule has 0 spiro atoms. The van der Waals surface area contributed by atoms with Crippen LogP contribution in [0, 0.1) is 12.7 Å². The Bertz CT molecular complexity index is 1030. The number of rotatable bonds is 7. The van der Waals surface area contributed by atoms with Crippen LogP contribution in [-0.4, -0.2) is 35.6 Å². The van der Waals surface area contributed by atoms with Gasteiger partial charge in [-0.3, -0.25) is 4.79 Å². The Kier molecular flexibility index (Phi) is 6.46. The van der Waals surface area contributed by atoms with Gasteiger partial charge in [0.05, 0.1) is 42.5 Å².